The van der Waals surface area contributed by atoms with E-state index in [2.05, 4.69) is 36.1 Å². The van der Waals surface area contributed by atoms with Crippen molar-refractivity contribution in [3.63, 3.8) is 0 Å². The van der Waals surface area contributed by atoms with E-state index in [1.54, 1.807) is 24.9 Å². The number of hydrogen-bond acceptors (Lipinski definition) is 7. The van der Waals surface area contributed by atoms with E-state index in [4.69, 9.17) is 14.1 Å². The molecular weight excluding hydrogens is 442 g/mol. The molecule has 0 aliphatic carbocycles. The number of fused-ring (bicyclic) bond motifs is 2. The second-order valence-electron chi connectivity index (χ2n) is 8.55. The average Bonchev–Trinajstić information content (AvgIpc) is 3.62. The fraction of sp³-hybridized carbons (Fsp3) is 0.154. The van der Waals surface area contributed by atoms with Crippen LogP contribution in [0.15, 0.2) is 71.9 Å². The summed E-state index contributed by atoms with van der Waals surface area (Å²) >= 11 is 0. The molecule has 0 aliphatic rings. The number of nitrogens with zero attached hydrogens (tertiary/aromatic N) is 5. The molecule has 35 heavy (non-hydrogen) atoms. The summed E-state index contributed by atoms with van der Waals surface area (Å²) in [6.07, 6.45) is 8.68. The van der Waals surface area contributed by atoms with Crippen molar-refractivity contribution >= 4 is 22.1 Å². The van der Waals surface area contributed by atoms with Gasteiger partial charge in [0.1, 0.15) is 18.1 Å². The number of likely N-dealkylation sites (N-methyl/N-ethyl adjacent to an activating group) is 1. The van der Waals surface area contributed by atoms with Crippen molar-refractivity contribution < 1.29 is 9.15 Å². The molecule has 0 spiro atoms. The molecule has 0 unspecified atom stereocenters. The third-order valence-corrected chi connectivity index (χ3v) is 5.87. The summed E-state index contributed by atoms with van der Waals surface area (Å²) < 4.78 is 11.1. The molecular formula is C26H23N7O2. The number of H-pyrrole nitrogens is 2. The van der Waals surface area contributed by atoms with Crippen molar-refractivity contribution in [2.24, 2.45) is 0 Å². The summed E-state index contributed by atoms with van der Waals surface area (Å²) in [6.45, 7) is 1.44. The maximum Gasteiger partial charge on any atom is 0.178 e. The Morgan fingerprint density at radius 2 is 1.97 bits per heavy atom. The molecule has 0 saturated heterocycles. The molecule has 0 fully saturated rings. The molecule has 174 valence electrons. The van der Waals surface area contributed by atoms with E-state index in [0.29, 0.717) is 18.1 Å². The molecule has 0 atom stereocenters. The number of furan rings is 1. The first-order valence-electron chi connectivity index (χ1n) is 11.2. The van der Waals surface area contributed by atoms with Crippen LogP contribution in [0.5, 0.6) is 5.75 Å². The Morgan fingerprint density at radius 1 is 1.03 bits per heavy atom. The predicted molar refractivity (Wildman–Crippen MR) is 134 cm³/mol. The number of pyridine rings is 2. The Morgan fingerprint density at radius 3 is 2.83 bits per heavy atom. The fourth-order valence-corrected chi connectivity index (χ4v) is 4.06. The maximum absolute atomic E-state index is 5.87. The first-order valence-corrected chi connectivity index (χ1v) is 11.2. The monoisotopic (exact) mass is 465 g/mol. The second-order valence-corrected chi connectivity index (χ2v) is 8.55. The van der Waals surface area contributed by atoms with Gasteiger partial charge in [0.2, 0.25) is 0 Å². The van der Waals surface area contributed by atoms with Gasteiger partial charge in [-0.3, -0.25) is 10.1 Å². The summed E-state index contributed by atoms with van der Waals surface area (Å²) in [5.74, 6) is 1.39. The second kappa shape index (κ2) is 8.69. The van der Waals surface area contributed by atoms with Gasteiger partial charge in [-0.2, -0.15) is 5.10 Å². The minimum Gasteiger partial charge on any atom is -0.491 e. The van der Waals surface area contributed by atoms with E-state index in [-0.39, 0.29) is 0 Å². The minimum absolute atomic E-state index is 0.601. The van der Waals surface area contributed by atoms with Crippen LogP contribution in [0.3, 0.4) is 0 Å². The van der Waals surface area contributed by atoms with Crippen LogP contribution in [0.25, 0.3) is 55.8 Å². The molecule has 0 amide bonds. The van der Waals surface area contributed by atoms with Gasteiger partial charge < -0.3 is 19.0 Å². The van der Waals surface area contributed by atoms with E-state index in [0.717, 1.165) is 56.7 Å². The largest absolute Gasteiger partial charge is 0.491 e. The molecule has 5 heterocycles. The highest BCUT2D eigenvalue weighted by atomic mass is 16.5. The molecule has 6 aromatic rings. The molecule has 6 rings (SSSR count). The lowest BCUT2D eigenvalue weighted by atomic mass is 10.0. The van der Waals surface area contributed by atoms with Gasteiger partial charge in [-0.15, -0.1) is 0 Å². The fourth-order valence-electron chi connectivity index (χ4n) is 4.06. The summed E-state index contributed by atoms with van der Waals surface area (Å²) in [5, 5.41) is 8.61. The quantitative estimate of drug-likeness (QED) is 0.350. The van der Waals surface area contributed by atoms with Crippen LogP contribution in [0, 0.1) is 0 Å². The van der Waals surface area contributed by atoms with Crippen molar-refractivity contribution in [1.29, 1.82) is 0 Å². The number of aromatic nitrogens is 6. The highest BCUT2D eigenvalue weighted by Gasteiger charge is 2.16. The third-order valence-electron chi connectivity index (χ3n) is 5.87. The zero-order chi connectivity index (χ0) is 23.8. The zero-order valence-electron chi connectivity index (χ0n) is 19.3. The predicted octanol–water partition coefficient (Wildman–Crippen LogP) is 4.76. The first-order chi connectivity index (χ1) is 17.2. The SMILES string of the molecule is CN(C)CCOc1cncc(-c2ccc3[nH]nc(-c4nc5nccc(-c6ccoc6)c5[nH]4)c3c2)c1. The third kappa shape index (κ3) is 4.02. The average molecular weight is 466 g/mol. The normalized spacial score (nSPS) is 11.6. The minimum atomic E-state index is 0.601. The Bertz CT molecular complexity index is 1620. The highest BCUT2D eigenvalue weighted by Crippen LogP contribution is 2.33. The molecule has 0 radical (unpaired) electrons. The van der Waals surface area contributed by atoms with Gasteiger partial charge >= 0.3 is 0 Å². The number of nitrogens with one attached hydrogen (secondary N) is 2. The summed E-state index contributed by atoms with van der Waals surface area (Å²) in [6, 6.07) is 12.0. The lowest BCUT2D eigenvalue weighted by Gasteiger charge is -2.11. The Balaban J connectivity index is 1.38. The Hall–Kier alpha value is -4.50. The molecule has 1 aromatic carbocycles. The van der Waals surface area contributed by atoms with E-state index in [1.165, 1.54) is 0 Å². The number of imidazole rings is 1. The summed E-state index contributed by atoms with van der Waals surface area (Å²) in [4.78, 5) is 19.0. The van der Waals surface area contributed by atoms with Crippen LogP contribution in [-0.4, -0.2) is 62.3 Å². The lowest BCUT2D eigenvalue weighted by Crippen LogP contribution is -2.19. The Kier molecular flexibility index (Phi) is 5.23. The first kappa shape index (κ1) is 21.1. The topological polar surface area (TPSA) is 109 Å². The van der Waals surface area contributed by atoms with Gasteiger partial charge in [0.15, 0.2) is 11.5 Å². The van der Waals surface area contributed by atoms with Crippen molar-refractivity contribution in [3.8, 4) is 39.5 Å². The Labute approximate surface area is 200 Å². The van der Waals surface area contributed by atoms with E-state index < -0.39 is 0 Å². The number of rotatable bonds is 7. The number of ether oxygens (including phenoxy) is 1. The number of hydrogen-bond donors (Lipinski definition) is 2. The van der Waals surface area contributed by atoms with Crippen LogP contribution in [-0.2, 0) is 0 Å². The van der Waals surface area contributed by atoms with Crippen LogP contribution < -0.4 is 4.74 Å². The standard InChI is InChI=1S/C26H23N7O2/c1-33(2)8-10-35-19-11-18(13-27-14-19)16-3-4-22-21(12-16)24(32-31-22)26-29-23-20(17-6-9-34-15-17)5-7-28-25(23)30-26/h3-7,9,11-15H,8,10H2,1-2H3,(H,31,32)(H,28,29,30). The van der Waals surface area contributed by atoms with Crippen molar-refractivity contribution in [2.45, 2.75) is 0 Å². The number of aromatic amines is 2. The lowest BCUT2D eigenvalue weighted by molar-refractivity contribution is 0.261. The molecule has 0 saturated carbocycles. The van der Waals surface area contributed by atoms with Gasteiger partial charge in [-0.1, -0.05) is 6.07 Å². The number of benzene rings is 1. The molecule has 0 bridgehead atoms. The van der Waals surface area contributed by atoms with Crippen LogP contribution in [0.2, 0.25) is 0 Å². The highest BCUT2D eigenvalue weighted by molar-refractivity contribution is 5.97. The zero-order valence-corrected chi connectivity index (χ0v) is 19.3. The van der Waals surface area contributed by atoms with Gasteiger partial charge in [-0.25, -0.2) is 9.97 Å². The smallest absolute Gasteiger partial charge is 0.178 e. The van der Waals surface area contributed by atoms with Crippen LogP contribution >= 0.6 is 0 Å². The van der Waals surface area contributed by atoms with Crippen molar-refractivity contribution in [2.75, 3.05) is 27.2 Å². The van der Waals surface area contributed by atoms with Gasteiger partial charge in [0.05, 0.1) is 29.8 Å². The molecule has 2 N–H and O–H groups in total. The van der Waals surface area contributed by atoms with E-state index in [1.807, 2.05) is 50.6 Å². The van der Waals surface area contributed by atoms with Gasteiger partial charge in [0.25, 0.3) is 0 Å². The molecule has 0 aliphatic heterocycles. The summed E-state index contributed by atoms with van der Waals surface area (Å²) in [7, 11) is 4.04. The summed E-state index contributed by atoms with van der Waals surface area (Å²) in [5.41, 5.74) is 7.01. The van der Waals surface area contributed by atoms with E-state index in [9.17, 15) is 0 Å². The van der Waals surface area contributed by atoms with E-state index >= 15 is 0 Å². The van der Waals surface area contributed by atoms with Gasteiger partial charge in [0, 0.05) is 41.0 Å². The van der Waals surface area contributed by atoms with Gasteiger partial charge in [-0.05, 0) is 50.0 Å². The molecule has 9 nitrogen and oxygen atoms in total. The van der Waals surface area contributed by atoms with Crippen LogP contribution in [0.4, 0.5) is 0 Å². The molecule has 9 heteroatoms. The van der Waals surface area contributed by atoms with Crippen molar-refractivity contribution in [1.82, 2.24) is 35.0 Å². The van der Waals surface area contributed by atoms with Crippen molar-refractivity contribution in [3.05, 3.63) is 67.5 Å². The maximum atomic E-state index is 5.87. The van der Waals surface area contributed by atoms with Crippen LogP contribution in [0.1, 0.15) is 0 Å². The molecule has 5 aromatic heterocycles.